The van der Waals surface area contributed by atoms with Crippen molar-refractivity contribution in [1.29, 1.82) is 0 Å². The van der Waals surface area contributed by atoms with Crippen molar-refractivity contribution in [3.63, 3.8) is 0 Å². The Morgan fingerprint density at radius 3 is 2.36 bits per heavy atom. The number of benzene rings is 1. The maximum absolute atomic E-state index is 13.2. The van der Waals surface area contributed by atoms with Crippen LogP contribution in [0.2, 0.25) is 0 Å². The van der Waals surface area contributed by atoms with Gasteiger partial charge in [-0.05, 0) is 63.4 Å². The first-order valence-corrected chi connectivity index (χ1v) is 12.1. The SMILES string of the molecule is Cc1ccc(S(=O)(=O)NC(C)(C)C)cc1C(=O)NC(c1nc(-c2ccncc2)no1)C(C)C. The molecule has 1 atom stereocenters. The zero-order valence-corrected chi connectivity index (χ0v) is 20.4. The molecular weight excluding hydrogens is 442 g/mol. The number of carbonyl (C=O) groups excluding carboxylic acids is 1. The topological polar surface area (TPSA) is 127 Å². The molecule has 9 nitrogen and oxygen atoms in total. The molecule has 176 valence electrons. The molecule has 0 bridgehead atoms. The highest BCUT2D eigenvalue weighted by molar-refractivity contribution is 7.89. The molecule has 3 rings (SSSR count). The number of aryl methyl sites for hydroxylation is 1. The molecule has 0 spiro atoms. The molecule has 10 heteroatoms. The minimum Gasteiger partial charge on any atom is -0.340 e. The van der Waals surface area contributed by atoms with Gasteiger partial charge in [-0.15, -0.1) is 0 Å². The number of hydrogen-bond acceptors (Lipinski definition) is 7. The standard InChI is InChI=1S/C23H29N5O4S/c1-14(2)19(22-26-20(27-32-22)16-9-11-24-12-10-16)25-21(29)18-13-17(8-7-15(18)3)33(30,31)28-23(4,5)6/h7-14,19,28H,1-6H3,(H,25,29). The molecule has 0 saturated heterocycles. The van der Waals surface area contributed by atoms with E-state index in [2.05, 4.69) is 25.2 Å². The third kappa shape index (κ3) is 6.02. The van der Waals surface area contributed by atoms with Gasteiger partial charge in [0.05, 0.1) is 4.90 Å². The van der Waals surface area contributed by atoms with E-state index in [1.807, 2.05) is 13.8 Å². The number of sulfonamides is 1. The van der Waals surface area contributed by atoms with Crippen LogP contribution in [0, 0.1) is 12.8 Å². The highest BCUT2D eigenvalue weighted by Crippen LogP contribution is 2.25. The summed E-state index contributed by atoms with van der Waals surface area (Å²) in [5, 5.41) is 6.93. The molecule has 0 saturated carbocycles. The van der Waals surface area contributed by atoms with Crippen LogP contribution >= 0.6 is 0 Å². The summed E-state index contributed by atoms with van der Waals surface area (Å²) in [6.45, 7) is 10.9. The Morgan fingerprint density at radius 1 is 1.09 bits per heavy atom. The van der Waals surface area contributed by atoms with E-state index in [1.54, 1.807) is 58.3 Å². The van der Waals surface area contributed by atoms with Gasteiger partial charge < -0.3 is 9.84 Å². The second-order valence-corrected chi connectivity index (χ2v) is 10.9. The van der Waals surface area contributed by atoms with Crippen molar-refractivity contribution in [3.8, 4) is 11.4 Å². The number of nitrogens with zero attached hydrogens (tertiary/aromatic N) is 3. The lowest BCUT2D eigenvalue weighted by molar-refractivity contribution is 0.0913. The van der Waals surface area contributed by atoms with Crippen LogP contribution in [0.25, 0.3) is 11.4 Å². The molecule has 0 aliphatic heterocycles. The fourth-order valence-electron chi connectivity index (χ4n) is 3.19. The number of hydrogen-bond donors (Lipinski definition) is 2. The maximum atomic E-state index is 13.2. The van der Waals surface area contributed by atoms with E-state index in [1.165, 1.54) is 12.1 Å². The van der Waals surface area contributed by atoms with E-state index in [0.29, 0.717) is 11.4 Å². The average molecular weight is 472 g/mol. The molecule has 0 fully saturated rings. The number of amides is 1. The number of nitrogens with one attached hydrogen (secondary N) is 2. The summed E-state index contributed by atoms with van der Waals surface area (Å²) < 4.78 is 33.5. The average Bonchev–Trinajstić information content (AvgIpc) is 3.20. The Kier molecular flexibility index (Phi) is 6.99. The zero-order valence-electron chi connectivity index (χ0n) is 19.6. The van der Waals surface area contributed by atoms with Gasteiger partial charge in [-0.1, -0.05) is 25.1 Å². The lowest BCUT2D eigenvalue weighted by atomic mass is 10.0. The first kappa shape index (κ1) is 24.5. The second-order valence-electron chi connectivity index (χ2n) is 9.22. The fourth-order valence-corrected chi connectivity index (χ4v) is 4.63. The normalized spacial score (nSPS) is 13.2. The van der Waals surface area contributed by atoms with Gasteiger partial charge in [0.15, 0.2) is 0 Å². The van der Waals surface area contributed by atoms with Gasteiger partial charge in [-0.2, -0.15) is 4.98 Å². The number of aromatic nitrogens is 3. The van der Waals surface area contributed by atoms with Gasteiger partial charge in [0, 0.05) is 29.1 Å². The summed E-state index contributed by atoms with van der Waals surface area (Å²) in [4.78, 5) is 21.6. The van der Waals surface area contributed by atoms with Crippen molar-refractivity contribution in [2.45, 2.75) is 58.0 Å². The van der Waals surface area contributed by atoms with Crippen molar-refractivity contribution >= 4 is 15.9 Å². The van der Waals surface area contributed by atoms with Crippen molar-refractivity contribution in [2.75, 3.05) is 0 Å². The number of carbonyl (C=O) groups is 1. The van der Waals surface area contributed by atoms with E-state index in [0.717, 1.165) is 5.56 Å². The number of pyridine rings is 1. The third-order valence-corrected chi connectivity index (χ3v) is 6.56. The summed E-state index contributed by atoms with van der Waals surface area (Å²) in [6.07, 6.45) is 3.26. The minimum atomic E-state index is -3.79. The monoisotopic (exact) mass is 471 g/mol. The Hall–Kier alpha value is -3.11. The van der Waals surface area contributed by atoms with Crippen LogP contribution < -0.4 is 10.0 Å². The van der Waals surface area contributed by atoms with Crippen molar-refractivity contribution in [3.05, 3.63) is 59.7 Å². The highest BCUT2D eigenvalue weighted by atomic mass is 32.2. The Bertz CT molecular complexity index is 1230. The Morgan fingerprint density at radius 2 is 1.76 bits per heavy atom. The molecular formula is C23H29N5O4S. The molecule has 0 radical (unpaired) electrons. The molecule has 0 aliphatic carbocycles. The highest BCUT2D eigenvalue weighted by Gasteiger charge is 2.27. The fraction of sp³-hybridized carbons (Fsp3) is 0.391. The van der Waals surface area contributed by atoms with Crippen LogP contribution in [0.1, 0.15) is 62.5 Å². The molecule has 2 aromatic heterocycles. The smallest absolute Gasteiger partial charge is 0.252 e. The quantitative estimate of drug-likeness (QED) is 0.538. The van der Waals surface area contributed by atoms with E-state index < -0.39 is 27.5 Å². The van der Waals surface area contributed by atoms with Gasteiger partial charge in [-0.25, -0.2) is 13.1 Å². The van der Waals surface area contributed by atoms with E-state index in [4.69, 9.17) is 4.52 Å². The molecule has 1 aromatic carbocycles. The largest absolute Gasteiger partial charge is 0.340 e. The lowest BCUT2D eigenvalue weighted by Gasteiger charge is -2.21. The van der Waals surface area contributed by atoms with Crippen LogP contribution in [0.5, 0.6) is 0 Å². The number of rotatable bonds is 7. The first-order chi connectivity index (χ1) is 15.4. The van der Waals surface area contributed by atoms with E-state index in [-0.39, 0.29) is 22.3 Å². The van der Waals surface area contributed by atoms with Gasteiger partial charge >= 0.3 is 0 Å². The van der Waals surface area contributed by atoms with Crippen molar-refractivity contribution < 1.29 is 17.7 Å². The minimum absolute atomic E-state index is 0.0204. The van der Waals surface area contributed by atoms with Crippen LogP contribution in [0.4, 0.5) is 0 Å². The van der Waals surface area contributed by atoms with E-state index >= 15 is 0 Å². The van der Waals surface area contributed by atoms with Crippen LogP contribution in [-0.2, 0) is 10.0 Å². The summed E-state index contributed by atoms with van der Waals surface area (Å²) >= 11 is 0. The van der Waals surface area contributed by atoms with Crippen LogP contribution in [0.15, 0.2) is 52.1 Å². The summed E-state index contributed by atoms with van der Waals surface area (Å²) in [5.74, 6) is 0.169. The van der Waals surface area contributed by atoms with Gasteiger partial charge in [0.2, 0.25) is 21.7 Å². The van der Waals surface area contributed by atoms with Crippen molar-refractivity contribution in [1.82, 2.24) is 25.2 Å². The predicted octanol–water partition coefficient (Wildman–Crippen LogP) is 3.64. The lowest BCUT2D eigenvalue weighted by Crippen LogP contribution is -2.40. The summed E-state index contributed by atoms with van der Waals surface area (Å²) in [6, 6.07) is 7.45. The van der Waals surface area contributed by atoms with Crippen molar-refractivity contribution in [2.24, 2.45) is 5.92 Å². The second kappa shape index (κ2) is 9.40. The first-order valence-electron chi connectivity index (χ1n) is 10.6. The maximum Gasteiger partial charge on any atom is 0.252 e. The van der Waals surface area contributed by atoms with Crippen LogP contribution in [0.3, 0.4) is 0 Å². The predicted molar refractivity (Wildman–Crippen MR) is 124 cm³/mol. The van der Waals surface area contributed by atoms with Gasteiger partial charge in [-0.3, -0.25) is 9.78 Å². The van der Waals surface area contributed by atoms with Gasteiger partial charge in [0.25, 0.3) is 5.91 Å². The Labute approximate surface area is 194 Å². The summed E-state index contributed by atoms with van der Waals surface area (Å²) in [5.41, 5.74) is 0.993. The zero-order chi connectivity index (χ0) is 24.4. The third-order valence-electron chi connectivity index (χ3n) is 4.80. The summed E-state index contributed by atoms with van der Waals surface area (Å²) in [7, 11) is -3.79. The molecule has 2 heterocycles. The Balaban J connectivity index is 1.88. The molecule has 1 unspecified atom stereocenters. The molecule has 33 heavy (non-hydrogen) atoms. The van der Waals surface area contributed by atoms with Gasteiger partial charge in [0.1, 0.15) is 6.04 Å². The van der Waals surface area contributed by atoms with E-state index in [9.17, 15) is 13.2 Å². The molecule has 0 aliphatic rings. The van der Waals surface area contributed by atoms with Crippen LogP contribution in [-0.4, -0.2) is 35.0 Å². The molecule has 1 amide bonds. The molecule has 3 aromatic rings. The molecule has 2 N–H and O–H groups in total.